The summed E-state index contributed by atoms with van der Waals surface area (Å²) in [6.07, 6.45) is 1.25. The van der Waals surface area contributed by atoms with Crippen LogP contribution in [0.1, 0.15) is 12.2 Å². The Labute approximate surface area is 57.8 Å². The second kappa shape index (κ2) is 3.17. The van der Waals surface area contributed by atoms with E-state index in [2.05, 4.69) is 14.7 Å². The van der Waals surface area contributed by atoms with Crippen molar-refractivity contribution in [1.29, 1.82) is 0 Å². The first-order chi connectivity index (χ1) is 4.83. The highest BCUT2D eigenvalue weighted by Gasteiger charge is 2.00. The molecule has 0 spiro atoms. The summed E-state index contributed by atoms with van der Waals surface area (Å²) in [5.74, 6) is 0.548. The van der Waals surface area contributed by atoms with E-state index in [0.29, 0.717) is 18.7 Å². The number of aliphatic hydroxyl groups is 1. The first-order valence-electron chi connectivity index (χ1n) is 3.02. The van der Waals surface area contributed by atoms with Crippen LogP contribution in [0.5, 0.6) is 0 Å². The number of aromatic nitrogens is 2. The summed E-state index contributed by atoms with van der Waals surface area (Å²) in [5, 5.41) is 11.9. The Bertz CT molecular complexity index is 199. The number of rotatable bonds is 3. The quantitative estimate of drug-likeness (QED) is 0.600. The molecule has 0 unspecified atom stereocenters. The van der Waals surface area contributed by atoms with Gasteiger partial charge < -0.3 is 15.4 Å². The summed E-state index contributed by atoms with van der Waals surface area (Å²) in [6.45, 7) is 0.133. The molecule has 0 saturated heterocycles. The van der Waals surface area contributed by atoms with Gasteiger partial charge in [-0.3, -0.25) is 0 Å². The maximum Gasteiger partial charge on any atom is 0.318 e. The molecule has 5 heteroatoms. The number of aliphatic hydroxyl groups excluding tert-OH is 1. The number of nitrogens with two attached hydrogens (primary N) is 1. The summed E-state index contributed by atoms with van der Waals surface area (Å²) in [4.78, 5) is 3.74. The first-order valence-corrected chi connectivity index (χ1v) is 3.02. The Kier molecular flexibility index (Phi) is 2.22. The fourth-order valence-electron chi connectivity index (χ4n) is 0.606. The third-order valence-electron chi connectivity index (χ3n) is 1.04. The van der Waals surface area contributed by atoms with E-state index in [0.717, 1.165) is 0 Å². The predicted octanol–water partition coefficient (Wildman–Crippen LogP) is -0.423. The van der Waals surface area contributed by atoms with Crippen LogP contribution in [0.2, 0.25) is 0 Å². The van der Waals surface area contributed by atoms with Crippen molar-refractivity contribution in [3.8, 4) is 0 Å². The van der Waals surface area contributed by atoms with Crippen LogP contribution >= 0.6 is 0 Å². The van der Waals surface area contributed by atoms with Crippen LogP contribution in [0, 0.1) is 0 Å². The second-order valence-corrected chi connectivity index (χ2v) is 1.88. The highest BCUT2D eigenvalue weighted by molar-refractivity contribution is 5.06. The Balaban J connectivity index is 2.42. The zero-order chi connectivity index (χ0) is 7.40. The minimum Gasteiger partial charge on any atom is -0.396 e. The molecule has 0 aliphatic heterocycles. The third-order valence-corrected chi connectivity index (χ3v) is 1.04. The van der Waals surface area contributed by atoms with E-state index < -0.39 is 0 Å². The summed E-state index contributed by atoms with van der Waals surface area (Å²) in [5.41, 5.74) is 5.15. The normalized spacial score (nSPS) is 10.1. The number of nitrogens with zero attached hydrogens (tertiary/aromatic N) is 2. The van der Waals surface area contributed by atoms with Crippen molar-refractivity contribution in [1.82, 2.24) is 10.1 Å². The smallest absolute Gasteiger partial charge is 0.318 e. The Morgan fingerprint density at radius 1 is 1.60 bits per heavy atom. The number of hydrogen-bond donors (Lipinski definition) is 2. The highest BCUT2D eigenvalue weighted by atomic mass is 16.5. The largest absolute Gasteiger partial charge is 0.396 e. The molecule has 0 aliphatic carbocycles. The lowest BCUT2D eigenvalue weighted by Gasteiger charge is -1.86. The molecule has 0 bridgehead atoms. The van der Waals surface area contributed by atoms with Crippen molar-refractivity contribution in [3.63, 3.8) is 0 Å². The van der Waals surface area contributed by atoms with Gasteiger partial charge in [0.15, 0.2) is 5.82 Å². The third kappa shape index (κ3) is 1.70. The van der Waals surface area contributed by atoms with Crippen molar-refractivity contribution in [2.75, 3.05) is 12.3 Å². The van der Waals surface area contributed by atoms with Crippen LogP contribution in [-0.2, 0) is 6.42 Å². The molecule has 10 heavy (non-hydrogen) atoms. The average Bonchev–Trinajstić information content (AvgIpc) is 2.31. The monoisotopic (exact) mass is 143 g/mol. The molecule has 1 heterocycles. The second-order valence-electron chi connectivity index (χ2n) is 1.88. The standard InChI is InChI=1S/C5H9N3O2/c6-5-7-4(8-10-5)2-1-3-9/h9H,1-3H2,(H2,6,7,8). The van der Waals surface area contributed by atoms with Crippen LogP contribution in [0.3, 0.4) is 0 Å². The lowest BCUT2D eigenvalue weighted by molar-refractivity contribution is 0.286. The maximum absolute atomic E-state index is 8.42. The summed E-state index contributed by atoms with van der Waals surface area (Å²) < 4.78 is 4.50. The van der Waals surface area contributed by atoms with E-state index in [9.17, 15) is 0 Å². The van der Waals surface area contributed by atoms with E-state index >= 15 is 0 Å². The summed E-state index contributed by atoms with van der Waals surface area (Å²) in [6, 6.07) is 0.0768. The molecule has 56 valence electrons. The molecule has 0 radical (unpaired) electrons. The molecule has 1 aromatic heterocycles. The average molecular weight is 143 g/mol. The zero-order valence-electron chi connectivity index (χ0n) is 5.45. The van der Waals surface area contributed by atoms with Crippen molar-refractivity contribution in [3.05, 3.63) is 5.82 Å². The van der Waals surface area contributed by atoms with Gasteiger partial charge in [0.1, 0.15) is 0 Å². The molecule has 5 nitrogen and oxygen atoms in total. The molecule has 1 aromatic rings. The topological polar surface area (TPSA) is 85.2 Å². The Morgan fingerprint density at radius 2 is 2.40 bits per heavy atom. The minimum absolute atomic E-state index is 0.0768. The number of anilines is 1. The number of nitrogen functional groups attached to an aromatic ring is 1. The number of hydrogen-bond acceptors (Lipinski definition) is 5. The van der Waals surface area contributed by atoms with Gasteiger partial charge in [0.2, 0.25) is 0 Å². The van der Waals surface area contributed by atoms with E-state index in [-0.39, 0.29) is 12.6 Å². The molecule has 1 rings (SSSR count). The zero-order valence-corrected chi connectivity index (χ0v) is 5.45. The van der Waals surface area contributed by atoms with Gasteiger partial charge >= 0.3 is 6.01 Å². The summed E-state index contributed by atoms with van der Waals surface area (Å²) >= 11 is 0. The Morgan fingerprint density at radius 3 is 2.90 bits per heavy atom. The fourth-order valence-corrected chi connectivity index (χ4v) is 0.606. The lowest BCUT2D eigenvalue weighted by Crippen LogP contribution is -1.92. The predicted molar refractivity (Wildman–Crippen MR) is 34.1 cm³/mol. The van der Waals surface area contributed by atoms with Gasteiger partial charge in [-0.15, -0.1) is 0 Å². The maximum atomic E-state index is 8.42. The van der Waals surface area contributed by atoms with Crippen LogP contribution in [0.25, 0.3) is 0 Å². The van der Waals surface area contributed by atoms with Crippen molar-refractivity contribution < 1.29 is 9.63 Å². The van der Waals surface area contributed by atoms with Gasteiger partial charge in [0, 0.05) is 13.0 Å². The molecule has 0 aromatic carbocycles. The molecular formula is C5H9N3O2. The van der Waals surface area contributed by atoms with Gasteiger partial charge in [-0.25, -0.2) is 0 Å². The van der Waals surface area contributed by atoms with E-state index in [1.807, 2.05) is 0 Å². The van der Waals surface area contributed by atoms with E-state index in [1.54, 1.807) is 0 Å². The lowest BCUT2D eigenvalue weighted by atomic mass is 10.3. The van der Waals surface area contributed by atoms with Gasteiger partial charge in [-0.1, -0.05) is 5.16 Å². The molecule has 0 amide bonds. The van der Waals surface area contributed by atoms with Gasteiger partial charge in [-0.2, -0.15) is 4.98 Å². The van der Waals surface area contributed by atoms with Crippen LogP contribution < -0.4 is 5.73 Å². The molecule has 3 N–H and O–H groups in total. The van der Waals surface area contributed by atoms with Gasteiger partial charge in [0.05, 0.1) is 0 Å². The fraction of sp³-hybridized carbons (Fsp3) is 0.600. The minimum atomic E-state index is 0.0768. The first kappa shape index (κ1) is 7.01. The SMILES string of the molecule is Nc1nc(CCCO)no1. The van der Waals surface area contributed by atoms with Crippen molar-refractivity contribution in [2.45, 2.75) is 12.8 Å². The van der Waals surface area contributed by atoms with Gasteiger partial charge in [-0.05, 0) is 6.42 Å². The summed E-state index contributed by atoms with van der Waals surface area (Å²) in [7, 11) is 0. The Hall–Kier alpha value is -1.10. The van der Waals surface area contributed by atoms with E-state index in [4.69, 9.17) is 10.8 Å². The van der Waals surface area contributed by atoms with E-state index in [1.165, 1.54) is 0 Å². The molecule has 0 saturated carbocycles. The molecule has 0 fully saturated rings. The highest BCUT2D eigenvalue weighted by Crippen LogP contribution is 1.99. The van der Waals surface area contributed by atoms with Crippen molar-refractivity contribution in [2.24, 2.45) is 0 Å². The molecular weight excluding hydrogens is 134 g/mol. The van der Waals surface area contributed by atoms with Crippen LogP contribution in [0.15, 0.2) is 4.52 Å². The number of aryl methyl sites for hydroxylation is 1. The van der Waals surface area contributed by atoms with Gasteiger partial charge in [0.25, 0.3) is 0 Å². The van der Waals surface area contributed by atoms with Crippen molar-refractivity contribution >= 4 is 6.01 Å². The van der Waals surface area contributed by atoms with Crippen LogP contribution in [-0.4, -0.2) is 21.9 Å². The molecule has 0 atom stereocenters. The van der Waals surface area contributed by atoms with Crippen LogP contribution in [0.4, 0.5) is 6.01 Å². The molecule has 0 aliphatic rings.